The van der Waals surface area contributed by atoms with Gasteiger partial charge in [0.25, 0.3) is 0 Å². The summed E-state index contributed by atoms with van der Waals surface area (Å²) in [5.41, 5.74) is 0.867. The zero-order valence-corrected chi connectivity index (χ0v) is 6.60. The molecule has 10 heavy (non-hydrogen) atoms. The Morgan fingerprint density at radius 2 is 1.80 bits per heavy atom. The second-order valence-corrected chi connectivity index (χ2v) is 2.36. The number of Topliss-reactive ketones (excluding diaryl/α,β-unsaturated/α-hetero) is 1. The maximum Gasteiger partial charge on any atom is 0.221 e. The van der Waals surface area contributed by atoms with Crippen LogP contribution in [0.25, 0.3) is 0 Å². The van der Waals surface area contributed by atoms with Crippen molar-refractivity contribution in [3.63, 3.8) is 0 Å². The van der Waals surface area contributed by atoms with Gasteiger partial charge in [0.1, 0.15) is 0 Å². The first kappa shape index (κ1) is 9.08. The summed E-state index contributed by atoms with van der Waals surface area (Å²) in [5.74, 6) is -0.705. The van der Waals surface area contributed by atoms with Gasteiger partial charge in [0.05, 0.1) is 0 Å². The fourth-order valence-electron chi connectivity index (χ4n) is 0.517. The minimum absolute atomic E-state index is 0.294. The summed E-state index contributed by atoms with van der Waals surface area (Å²) in [6, 6.07) is 0. The zero-order chi connectivity index (χ0) is 8.15. The van der Waals surface area contributed by atoms with E-state index in [1.807, 2.05) is 0 Å². The molecule has 0 atom stereocenters. The van der Waals surface area contributed by atoms with E-state index in [0.29, 0.717) is 6.42 Å². The molecule has 0 spiro atoms. The molecule has 56 valence electrons. The van der Waals surface area contributed by atoms with E-state index in [1.54, 1.807) is 20.8 Å². The van der Waals surface area contributed by atoms with Crippen molar-refractivity contribution in [3.8, 4) is 0 Å². The van der Waals surface area contributed by atoms with Crippen molar-refractivity contribution >= 4 is 11.6 Å². The molecule has 0 aliphatic rings. The molecule has 0 saturated carbocycles. The molecule has 0 N–H and O–H groups in total. The van der Waals surface area contributed by atoms with E-state index in [4.69, 9.17) is 0 Å². The SMILES string of the molecule is CCC(=O)C(=O)C=C(C)C. The summed E-state index contributed by atoms with van der Waals surface area (Å²) >= 11 is 0. The topological polar surface area (TPSA) is 34.1 Å². The van der Waals surface area contributed by atoms with Gasteiger partial charge >= 0.3 is 0 Å². The molecule has 0 aromatic carbocycles. The number of hydrogen-bond acceptors (Lipinski definition) is 2. The highest BCUT2D eigenvalue weighted by Gasteiger charge is 2.05. The predicted molar refractivity (Wildman–Crippen MR) is 39.7 cm³/mol. The first-order valence-electron chi connectivity index (χ1n) is 3.30. The van der Waals surface area contributed by atoms with E-state index >= 15 is 0 Å². The maximum atomic E-state index is 10.8. The van der Waals surface area contributed by atoms with Crippen LogP contribution < -0.4 is 0 Å². The third-order valence-corrected chi connectivity index (χ3v) is 1.02. The molecule has 0 aliphatic heterocycles. The van der Waals surface area contributed by atoms with E-state index in [1.165, 1.54) is 6.08 Å². The van der Waals surface area contributed by atoms with Crippen LogP contribution in [0.2, 0.25) is 0 Å². The maximum absolute atomic E-state index is 10.8. The molecule has 0 heterocycles. The molecule has 2 nitrogen and oxygen atoms in total. The van der Waals surface area contributed by atoms with Crippen molar-refractivity contribution in [2.75, 3.05) is 0 Å². The minimum atomic E-state index is -0.387. The molecule has 0 aromatic rings. The van der Waals surface area contributed by atoms with Gasteiger partial charge < -0.3 is 0 Å². The Labute approximate surface area is 60.9 Å². The van der Waals surface area contributed by atoms with Gasteiger partial charge in [-0.25, -0.2) is 0 Å². The summed E-state index contributed by atoms with van der Waals surface area (Å²) in [6.45, 7) is 5.26. The Balaban J connectivity index is 4.11. The molecule has 0 rings (SSSR count). The Morgan fingerprint density at radius 3 is 2.10 bits per heavy atom. The highest BCUT2D eigenvalue weighted by atomic mass is 16.2. The fourth-order valence-corrected chi connectivity index (χ4v) is 0.517. The van der Waals surface area contributed by atoms with Crippen molar-refractivity contribution in [1.29, 1.82) is 0 Å². The van der Waals surface area contributed by atoms with Crippen LogP contribution >= 0.6 is 0 Å². The lowest BCUT2D eigenvalue weighted by Gasteiger charge is -1.89. The second-order valence-electron chi connectivity index (χ2n) is 2.36. The van der Waals surface area contributed by atoms with Crippen LogP contribution in [-0.4, -0.2) is 11.6 Å². The van der Waals surface area contributed by atoms with E-state index in [9.17, 15) is 9.59 Å². The van der Waals surface area contributed by atoms with Crippen molar-refractivity contribution < 1.29 is 9.59 Å². The lowest BCUT2D eigenvalue weighted by atomic mass is 10.1. The highest BCUT2D eigenvalue weighted by Crippen LogP contribution is 1.92. The quantitative estimate of drug-likeness (QED) is 0.439. The minimum Gasteiger partial charge on any atom is -0.291 e. The monoisotopic (exact) mass is 140 g/mol. The number of hydrogen-bond donors (Lipinski definition) is 0. The molecular formula is C8H12O2. The number of carbonyl (C=O) groups excluding carboxylic acids is 2. The van der Waals surface area contributed by atoms with Gasteiger partial charge in [0, 0.05) is 6.42 Å². The van der Waals surface area contributed by atoms with Gasteiger partial charge in [-0.05, 0) is 19.9 Å². The Kier molecular flexibility index (Phi) is 3.62. The molecule has 0 aromatic heterocycles. The van der Waals surface area contributed by atoms with Crippen LogP contribution in [0.4, 0.5) is 0 Å². The average molecular weight is 140 g/mol. The molecule has 0 fully saturated rings. The zero-order valence-electron chi connectivity index (χ0n) is 6.60. The predicted octanol–water partition coefficient (Wildman–Crippen LogP) is 1.50. The summed E-state index contributed by atoms with van der Waals surface area (Å²) in [6.07, 6.45) is 1.66. The van der Waals surface area contributed by atoms with Gasteiger partial charge in [-0.1, -0.05) is 12.5 Å². The van der Waals surface area contributed by atoms with Gasteiger partial charge in [0.15, 0.2) is 0 Å². The van der Waals surface area contributed by atoms with Gasteiger partial charge in [0.2, 0.25) is 11.6 Å². The summed E-state index contributed by atoms with van der Waals surface area (Å²) in [5, 5.41) is 0. The third kappa shape index (κ3) is 3.17. The smallest absolute Gasteiger partial charge is 0.221 e. The Hall–Kier alpha value is -0.920. The lowest BCUT2D eigenvalue weighted by Crippen LogP contribution is -2.08. The standard InChI is InChI=1S/C8H12O2/c1-4-7(9)8(10)5-6(2)3/h5H,4H2,1-3H3. The van der Waals surface area contributed by atoms with Crippen LogP contribution in [0.5, 0.6) is 0 Å². The highest BCUT2D eigenvalue weighted by molar-refractivity contribution is 6.41. The first-order valence-corrected chi connectivity index (χ1v) is 3.30. The molecule has 0 unspecified atom stereocenters. The summed E-state index contributed by atoms with van der Waals surface area (Å²) in [7, 11) is 0. The first-order chi connectivity index (χ1) is 4.57. The fraction of sp³-hybridized carbons (Fsp3) is 0.500. The Bertz CT molecular complexity index is 174. The molecule has 0 aliphatic carbocycles. The van der Waals surface area contributed by atoms with E-state index < -0.39 is 0 Å². The third-order valence-electron chi connectivity index (χ3n) is 1.02. The van der Waals surface area contributed by atoms with Gasteiger partial charge in [-0.3, -0.25) is 9.59 Å². The number of allylic oxidation sites excluding steroid dienone is 2. The number of rotatable bonds is 3. The van der Waals surface area contributed by atoms with Gasteiger partial charge in [-0.15, -0.1) is 0 Å². The average Bonchev–Trinajstić information content (AvgIpc) is 1.85. The van der Waals surface area contributed by atoms with Crippen LogP contribution in [-0.2, 0) is 9.59 Å². The molecular weight excluding hydrogens is 128 g/mol. The van der Waals surface area contributed by atoms with E-state index in [0.717, 1.165) is 5.57 Å². The van der Waals surface area contributed by atoms with Crippen molar-refractivity contribution in [3.05, 3.63) is 11.6 Å². The molecule has 0 amide bonds. The van der Waals surface area contributed by atoms with Crippen LogP contribution in [0, 0.1) is 0 Å². The lowest BCUT2D eigenvalue weighted by molar-refractivity contribution is -0.133. The van der Waals surface area contributed by atoms with Crippen LogP contribution in [0.3, 0.4) is 0 Å². The molecule has 2 heteroatoms. The Morgan fingerprint density at radius 1 is 1.30 bits per heavy atom. The van der Waals surface area contributed by atoms with Crippen molar-refractivity contribution in [2.24, 2.45) is 0 Å². The van der Waals surface area contributed by atoms with Crippen molar-refractivity contribution in [2.45, 2.75) is 27.2 Å². The summed E-state index contributed by atoms with van der Waals surface area (Å²) in [4.78, 5) is 21.4. The number of ketones is 2. The molecule has 0 radical (unpaired) electrons. The largest absolute Gasteiger partial charge is 0.291 e. The molecule has 0 bridgehead atoms. The van der Waals surface area contributed by atoms with Crippen LogP contribution in [0.1, 0.15) is 27.2 Å². The van der Waals surface area contributed by atoms with Crippen molar-refractivity contribution in [1.82, 2.24) is 0 Å². The second kappa shape index (κ2) is 3.99. The molecule has 0 saturated heterocycles. The number of carbonyl (C=O) groups is 2. The van der Waals surface area contributed by atoms with E-state index in [2.05, 4.69) is 0 Å². The van der Waals surface area contributed by atoms with Crippen LogP contribution in [0.15, 0.2) is 11.6 Å². The van der Waals surface area contributed by atoms with E-state index in [-0.39, 0.29) is 11.6 Å². The normalized spacial score (nSPS) is 8.70. The van der Waals surface area contributed by atoms with Gasteiger partial charge in [-0.2, -0.15) is 0 Å². The summed E-state index contributed by atoms with van der Waals surface area (Å²) < 4.78 is 0.